The van der Waals surface area contributed by atoms with Crippen LogP contribution in [0.15, 0.2) is 34.9 Å². The van der Waals surface area contributed by atoms with Crippen molar-refractivity contribution < 1.29 is 14.1 Å². The van der Waals surface area contributed by atoms with Gasteiger partial charge in [0.15, 0.2) is 5.76 Å². The SMILES string of the molecule is Cc1noc(C2CC2)c1NC(=O)NC(C)(C)COCc1ccccc1. The third-order valence-corrected chi connectivity index (χ3v) is 4.10. The maximum absolute atomic E-state index is 12.4. The number of amides is 2. The molecule has 1 heterocycles. The molecule has 1 aliphatic rings. The van der Waals surface area contributed by atoms with E-state index in [1.807, 2.05) is 51.1 Å². The third kappa shape index (κ3) is 4.82. The van der Waals surface area contributed by atoms with Gasteiger partial charge in [0.25, 0.3) is 0 Å². The molecule has 25 heavy (non-hydrogen) atoms. The van der Waals surface area contributed by atoms with Gasteiger partial charge in [-0.05, 0) is 39.2 Å². The van der Waals surface area contributed by atoms with Crippen LogP contribution in [0.5, 0.6) is 0 Å². The van der Waals surface area contributed by atoms with Crippen LogP contribution in [0.4, 0.5) is 10.5 Å². The molecule has 0 bridgehead atoms. The van der Waals surface area contributed by atoms with Gasteiger partial charge in [0, 0.05) is 5.92 Å². The average Bonchev–Trinajstić information content (AvgIpc) is 3.33. The Morgan fingerprint density at radius 2 is 2.04 bits per heavy atom. The van der Waals surface area contributed by atoms with Gasteiger partial charge >= 0.3 is 6.03 Å². The summed E-state index contributed by atoms with van der Waals surface area (Å²) in [6.45, 7) is 6.62. The number of hydrogen-bond acceptors (Lipinski definition) is 4. The van der Waals surface area contributed by atoms with Crippen molar-refractivity contribution in [2.75, 3.05) is 11.9 Å². The summed E-state index contributed by atoms with van der Waals surface area (Å²) < 4.78 is 11.1. The number of aryl methyl sites for hydroxylation is 1. The summed E-state index contributed by atoms with van der Waals surface area (Å²) in [6.07, 6.45) is 2.17. The Balaban J connectivity index is 1.50. The number of nitrogens with one attached hydrogen (secondary N) is 2. The van der Waals surface area contributed by atoms with E-state index in [4.69, 9.17) is 9.26 Å². The normalized spacial score (nSPS) is 14.4. The van der Waals surface area contributed by atoms with Crippen molar-refractivity contribution in [2.24, 2.45) is 0 Å². The van der Waals surface area contributed by atoms with Crippen LogP contribution in [0, 0.1) is 6.92 Å². The van der Waals surface area contributed by atoms with E-state index in [2.05, 4.69) is 15.8 Å². The van der Waals surface area contributed by atoms with Crippen molar-refractivity contribution in [1.29, 1.82) is 0 Å². The van der Waals surface area contributed by atoms with E-state index in [-0.39, 0.29) is 6.03 Å². The molecule has 2 amide bonds. The molecule has 134 valence electrons. The van der Waals surface area contributed by atoms with Crippen LogP contribution in [-0.2, 0) is 11.3 Å². The molecule has 3 rings (SSSR count). The molecule has 2 aromatic rings. The van der Waals surface area contributed by atoms with E-state index in [1.165, 1.54) is 0 Å². The number of aromatic nitrogens is 1. The number of carbonyl (C=O) groups is 1. The van der Waals surface area contributed by atoms with Crippen LogP contribution >= 0.6 is 0 Å². The molecule has 2 N–H and O–H groups in total. The summed E-state index contributed by atoms with van der Waals surface area (Å²) >= 11 is 0. The van der Waals surface area contributed by atoms with Gasteiger partial charge in [0.1, 0.15) is 11.4 Å². The van der Waals surface area contributed by atoms with Crippen molar-refractivity contribution in [2.45, 2.75) is 51.7 Å². The molecule has 0 unspecified atom stereocenters. The minimum Gasteiger partial charge on any atom is -0.374 e. The van der Waals surface area contributed by atoms with Gasteiger partial charge < -0.3 is 19.9 Å². The van der Waals surface area contributed by atoms with Crippen molar-refractivity contribution in [3.63, 3.8) is 0 Å². The lowest BCUT2D eigenvalue weighted by molar-refractivity contribution is 0.0753. The largest absolute Gasteiger partial charge is 0.374 e. The zero-order chi connectivity index (χ0) is 17.9. The number of nitrogens with zero attached hydrogens (tertiary/aromatic N) is 1. The monoisotopic (exact) mass is 343 g/mol. The fourth-order valence-electron chi connectivity index (χ4n) is 2.65. The van der Waals surface area contributed by atoms with Crippen LogP contribution < -0.4 is 10.6 Å². The van der Waals surface area contributed by atoms with Crippen molar-refractivity contribution in [3.05, 3.63) is 47.3 Å². The van der Waals surface area contributed by atoms with Crippen molar-refractivity contribution >= 4 is 11.7 Å². The summed E-state index contributed by atoms with van der Waals surface area (Å²) in [6, 6.07) is 9.69. The van der Waals surface area contributed by atoms with Crippen molar-refractivity contribution in [3.8, 4) is 0 Å². The molecule has 0 atom stereocenters. The molecule has 0 saturated heterocycles. The third-order valence-electron chi connectivity index (χ3n) is 4.10. The first-order chi connectivity index (χ1) is 11.9. The smallest absolute Gasteiger partial charge is 0.319 e. The first-order valence-electron chi connectivity index (χ1n) is 8.61. The number of rotatable bonds is 7. The average molecular weight is 343 g/mol. The van der Waals surface area contributed by atoms with Gasteiger partial charge in [-0.2, -0.15) is 0 Å². The number of anilines is 1. The summed E-state index contributed by atoms with van der Waals surface area (Å²) in [5.41, 5.74) is 2.01. The molecule has 0 aliphatic heterocycles. The second-order valence-corrected chi connectivity index (χ2v) is 7.22. The Morgan fingerprint density at radius 3 is 2.72 bits per heavy atom. The zero-order valence-electron chi connectivity index (χ0n) is 15.0. The highest BCUT2D eigenvalue weighted by atomic mass is 16.5. The summed E-state index contributed by atoms with van der Waals surface area (Å²) in [5, 5.41) is 9.80. The minimum atomic E-state index is -0.496. The lowest BCUT2D eigenvalue weighted by Gasteiger charge is -2.26. The number of benzene rings is 1. The van der Waals surface area contributed by atoms with Gasteiger partial charge in [-0.15, -0.1) is 0 Å². The maximum Gasteiger partial charge on any atom is 0.319 e. The van der Waals surface area contributed by atoms with E-state index >= 15 is 0 Å². The van der Waals surface area contributed by atoms with Crippen LogP contribution in [0.3, 0.4) is 0 Å². The van der Waals surface area contributed by atoms with Crippen LogP contribution in [0.25, 0.3) is 0 Å². The fourth-order valence-corrected chi connectivity index (χ4v) is 2.65. The number of hydrogen-bond donors (Lipinski definition) is 2. The van der Waals surface area contributed by atoms with E-state index < -0.39 is 5.54 Å². The number of ether oxygens (including phenoxy) is 1. The molecule has 1 saturated carbocycles. The molecule has 1 aromatic carbocycles. The number of carbonyl (C=O) groups excluding carboxylic acids is 1. The molecule has 1 aliphatic carbocycles. The molecular weight excluding hydrogens is 318 g/mol. The number of urea groups is 1. The highest BCUT2D eigenvalue weighted by Gasteiger charge is 2.32. The van der Waals surface area contributed by atoms with Crippen molar-refractivity contribution in [1.82, 2.24) is 10.5 Å². The van der Waals surface area contributed by atoms with E-state index in [1.54, 1.807) is 0 Å². The molecule has 6 heteroatoms. The fraction of sp³-hybridized carbons (Fsp3) is 0.474. The van der Waals surface area contributed by atoms with Gasteiger partial charge in [0.05, 0.1) is 18.8 Å². The second-order valence-electron chi connectivity index (χ2n) is 7.22. The highest BCUT2D eigenvalue weighted by molar-refractivity contribution is 5.91. The second kappa shape index (κ2) is 7.27. The van der Waals surface area contributed by atoms with E-state index in [0.29, 0.717) is 30.5 Å². The lowest BCUT2D eigenvalue weighted by atomic mass is 10.1. The zero-order valence-corrected chi connectivity index (χ0v) is 15.0. The van der Waals surface area contributed by atoms with Crippen LogP contribution in [0.2, 0.25) is 0 Å². The topological polar surface area (TPSA) is 76.4 Å². The molecule has 0 spiro atoms. The Hall–Kier alpha value is -2.34. The summed E-state index contributed by atoms with van der Waals surface area (Å²) in [4.78, 5) is 12.4. The van der Waals surface area contributed by atoms with E-state index in [0.717, 1.165) is 24.2 Å². The lowest BCUT2D eigenvalue weighted by Crippen LogP contribution is -2.48. The Bertz CT molecular complexity index is 721. The highest BCUT2D eigenvalue weighted by Crippen LogP contribution is 2.44. The molecule has 1 aromatic heterocycles. The Kier molecular flexibility index (Phi) is 5.08. The van der Waals surface area contributed by atoms with Crippen LogP contribution in [0.1, 0.15) is 49.6 Å². The van der Waals surface area contributed by atoms with Gasteiger partial charge in [0.2, 0.25) is 0 Å². The quantitative estimate of drug-likeness (QED) is 0.797. The molecule has 1 fully saturated rings. The first kappa shape index (κ1) is 17.5. The molecule has 6 nitrogen and oxygen atoms in total. The molecular formula is C19H25N3O3. The predicted molar refractivity (Wildman–Crippen MR) is 95.5 cm³/mol. The maximum atomic E-state index is 12.4. The van der Waals surface area contributed by atoms with Crippen LogP contribution in [-0.4, -0.2) is 23.3 Å². The Morgan fingerprint density at radius 1 is 1.32 bits per heavy atom. The minimum absolute atomic E-state index is 0.276. The van der Waals surface area contributed by atoms with Gasteiger partial charge in [-0.3, -0.25) is 0 Å². The first-order valence-corrected chi connectivity index (χ1v) is 8.61. The summed E-state index contributed by atoms with van der Waals surface area (Å²) in [7, 11) is 0. The van der Waals surface area contributed by atoms with Gasteiger partial charge in [-0.25, -0.2) is 4.79 Å². The molecule has 0 radical (unpaired) electrons. The van der Waals surface area contributed by atoms with E-state index in [9.17, 15) is 4.79 Å². The van der Waals surface area contributed by atoms with Gasteiger partial charge in [-0.1, -0.05) is 35.5 Å². The summed E-state index contributed by atoms with van der Waals surface area (Å²) in [5.74, 6) is 1.17. The standard InChI is InChI=1S/C19H25N3O3/c1-13-16(17(25-22-13)15-9-10-15)20-18(23)21-19(2,3)12-24-11-14-7-5-4-6-8-14/h4-8,15H,9-12H2,1-3H3,(H2,20,21,23). The Labute approximate surface area is 147 Å². The predicted octanol–water partition coefficient (Wildman–Crippen LogP) is 3.98.